The third kappa shape index (κ3) is 1.70. The predicted octanol–water partition coefficient (Wildman–Crippen LogP) is 3.02. The molecule has 2 aliphatic rings. The molecule has 2 N–H and O–H groups in total. The van der Waals surface area contributed by atoms with E-state index in [1.165, 1.54) is 0 Å². The van der Waals surface area contributed by atoms with E-state index in [2.05, 4.69) is 0 Å². The Morgan fingerprint density at radius 3 is 2.56 bits per heavy atom. The van der Waals surface area contributed by atoms with Crippen molar-refractivity contribution in [3.8, 4) is 5.75 Å². The summed E-state index contributed by atoms with van der Waals surface area (Å²) in [7, 11) is 0. The van der Waals surface area contributed by atoms with Gasteiger partial charge in [-0.3, -0.25) is 0 Å². The highest BCUT2D eigenvalue weighted by Gasteiger charge is 2.38. The average Bonchev–Trinajstić information content (AvgIpc) is 2.78. The zero-order valence-electron chi connectivity index (χ0n) is 10.3. The lowest BCUT2D eigenvalue weighted by Crippen LogP contribution is -2.39. The topological polar surface area (TPSA) is 35.2 Å². The van der Waals surface area contributed by atoms with Crippen molar-refractivity contribution in [2.24, 2.45) is 5.73 Å². The normalized spacial score (nSPS) is 21.5. The fourth-order valence-corrected chi connectivity index (χ4v) is 3.18. The molecule has 1 aliphatic heterocycles. The fourth-order valence-electron chi connectivity index (χ4n) is 3.18. The van der Waals surface area contributed by atoms with Crippen LogP contribution in [0.25, 0.3) is 0 Å². The molecule has 18 heavy (non-hydrogen) atoms. The summed E-state index contributed by atoms with van der Waals surface area (Å²) < 4.78 is 33.2. The predicted molar refractivity (Wildman–Crippen MR) is 64.5 cm³/mol. The molecule has 0 atom stereocenters. The van der Waals surface area contributed by atoms with Crippen LogP contribution in [0.15, 0.2) is 6.07 Å². The first kappa shape index (κ1) is 11.9. The SMILES string of the molecule is NC1(c2c(F)cc(F)c3c2OCC3)CCCCC1. The first-order valence-electron chi connectivity index (χ1n) is 6.55. The maximum absolute atomic E-state index is 14.1. The van der Waals surface area contributed by atoms with Gasteiger partial charge in [0.15, 0.2) is 0 Å². The van der Waals surface area contributed by atoms with Gasteiger partial charge in [-0.05, 0) is 12.8 Å². The van der Waals surface area contributed by atoms with Crippen LogP contribution in [0.4, 0.5) is 8.78 Å². The smallest absolute Gasteiger partial charge is 0.134 e. The van der Waals surface area contributed by atoms with E-state index >= 15 is 0 Å². The lowest BCUT2D eigenvalue weighted by atomic mass is 9.76. The quantitative estimate of drug-likeness (QED) is 0.835. The van der Waals surface area contributed by atoms with Gasteiger partial charge in [0, 0.05) is 23.6 Å². The Labute approximate surface area is 105 Å². The third-order valence-electron chi connectivity index (χ3n) is 4.12. The van der Waals surface area contributed by atoms with Gasteiger partial charge >= 0.3 is 0 Å². The number of fused-ring (bicyclic) bond motifs is 1. The van der Waals surface area contributed by atoms with Crippen LogP contribution in [-0.2, 0) is 12.0 Å². The molecule has 1 aliphatic carbocycles. The van der Waals surface area contributed by atoms with Gasteiger partial charge in [-0.25, -0.2) is 8.78 Å². The van der Waals surface area contributed by atoms with Crippen molar-refractivity contribution in [3.05, 3.63) is 28.8 Å². The average molecular weight is 253 g/mol. The molecular formula is C14H17F2NO. The van der Waals surface area contributed by atoms with Crippen molar-refractivity contribution in [1.29, 1.82) is 0 Å². The summed E-state index contributed by atoms with van der Waals surface area (Å²) in [6.45, 7) is 0.415. The second-order valence-corrected chi connectivity index (χ2v) is 5.34. The van der Waals surface area contributed by atoms with Crippen LogP contribution in [0.3, 0.4) is 0 Å². The molecule has 0 aromatic heterocycles. The molecule has 0 amide bonds. The monoisotopic (exact) mass is 253 g/mol. The lowest BCUT2D eigenvalue weighted by Gasteiger charge is -2.35. The van der Waals surface area contributed by atoms with Gasteiger partial charge in [-0.2, -0.15) is 0 Å². The van der Waals surface area contributed by atoms with Gasteiger partial charge in [-0.15, -0.1) is 0 Å². The number of hydrogen-bond donors (Lipinski definition) is 1. The summed E-state index contributed by atoms with van der Waals surface area (Å²) in [5, 5.41) is 0. The summed E-state index contributed by atoms with van der Waals surface area (Å²) in [5.41, 5.74) is 6.56. The summed E-state index contributed by atoms with van der Waals surface area (Å²) in [6, 6.07) is 0.964. The maximum Gasteiger partial charge on any atom is 0.134 e. The Balaban J connectivity index is 2.14. The largest absolute Gasteiger partial charge is 0.492 e. The molecule has 1 heterocycles. The van der Waals surface area contributed by atoms with E-state index in [1.807, 2.05) is 0 Å². The van der Waals surface area contributed by atoms with Crippen molar-refractivity contribution in [3.63, 3.8) is 0 Å². The third-order valence-corrected chi connectivity index (χ3v) is 4.12. The number of halogens is 2. The van der Waals surface area contributed by atoms with Crippen LogP contribution >= 0.6 is 0 Å². The minimum atomic E-state index is -0.690. The lowest BCUT2D eigenvalue weighted by molar-refractivity contribution is 0.273. The summed E-state index contributed by atoms with van der Waals surface area (Å²) in [4.78, 5) is 0. The summed E-state index contributed by atoms with van der Waals surface area (Å²) in [6.07, 6.45) is 5.09. The minimum absolute atomic E-state index is 0.372. The zero-order valence-corrected chi connectivity index (χ0v) is 10.3. The molecule has 0 radical (unpaired) electrons. The molecule has 1 aromatic rings. The molecule has 0 unspecified atom stereocenters. The van der Waals surface area contributed by atoms with Gasteiger partial charge < -0.3 is 10.5 Å². The van der Waals surface area contributed by atoms with Crippen molar-refractivity contribution in [2.45, 2.75) is 44.1 Å². The number of benzene rings is 1. The number of rotatable bonds is 1. The standard InChI is InChI=1S/C14H17F2NO/c15-10-8-11(16)12(13-9(10)4-7-18-13)14(17)5-2-1-3-6-14/h8H,1-7,17H2. The molecule has 0 saturated heterocycles. The van der Waals surface area contributed by atoms with E-state index in [1.54, 1.807) is 0 Å². The molecule has 1 fully saturated rings. The van der Waals surface area contributed by atoms with Crippen LogP contribution in [0, 0.1) is 11.6 Å². The van der Waals surface area contributed by atoms with Crippen LogP contribution in [0.5, 0.6) is 5.75 Å². The van der Waals surface area contributed by atoms with Crippen LogP contribution < -0.4 is 10.5 Å². The van der Waals surface area contributed by atoms with Crippen molar-refractivity contribution in [1.82, 2.24) is 0 Å². The second-order valence-electron chi connectivity index (χ2n) is 5.34. The van der Waals surface area contributed by atoms with Crippen molar-refractivity contribution in [2.75, 3.05) is 6.61 Å². The maximum atomic E-state index is 14.1. The van der Waals surface area contributed by atoms with Gasteiger partial charge in [0.1, 0.15) is 17.4 Å². The second kappa shape index (κ2) is 4.19. The van der Waals surface area contributed by atoms with E-state index in [4.69, 9.17) is 10.5 Å². The molecular weight excluding hydrogens is 236 g/mol. The highest BCUT2D eigenvalue weighted by Crippen LogP contribution is 2.44. The highest BCUT2D eigenvalue weighted by atomic mass is 19.1. The molecule has 2 nitrogen and oxygen atoms in total. The Hall–Kier alpha value is -1.16. The van der Waals surface area contributed by atoms with Crippen molar-refractivity contribution >= 4 is 0 Å². The molecule has 4 heteroatoms. The summed E-state index contributed by atoms with van der Waals surface area (Å²) >= 11 is 0. The van der Waals surface area contributed by atoms with E-state index in [-0.39, 0.29) is 0 Å². The number of hydrogen-bond acceptors (Lipinski definition) is 2. The van der Waals surface area contributed by atoms with Crippen LogP contribution in [0.2, 0.25) is 0 Å². The van der Waals surface area contributed by atoms with E-state index < -0.39 is 17.2 Å². The highest BCUT2D eigenvalue weighted by molar-refractivity contribution is 5.49. The molecule has 98 valence electrons. The van der Waals surface area contributed by atoms with Crippen LogP contribution in [0.1, 0.15) is 43.2 Å². The summed E-state index contributed by atoms with van der Waals surface area (Å²) in [5.74, 6) is -0.697. The first-order chi connectivity index (χ1) is 8.62. The van der Waals surface area contributed by atoms with Gasteiger partial charge in [0.05, 0.1) is 12.2 Å². The van der Waals surface area contributed by atoms with Gasteiger partial charge in [0.25, 0.3) is 0 Å². The van der Waals surface area contributed by atoms with E-state index in [0.717, 1.165) is 38.2 Å². The number of ether oxygens (including phenoxy) is 1. The van der Waals surface area contributed by atoms with Crippen molar-refractivity contribution < 1.29 is 13.5 Å². The fraction of sp³-hybridized carbons (Fsp3) is 0.571. The molecule has 3 rings (SSSR count). The number of nitrogens with two attached hydrogens (primary N) is 1. The Kier molecular flexibility index (Phi) is 2.77. The molecule has 1 saturated carbocycles. The minimum Gasteiger partial charge on any atom is -0.492 e. The molecule has 0 bridgehead atoms. The first-order valence-corrected chi connectivity index (χ1v) is 6.55. The van der Waals surface area contributed by atoms with Gasteiger partial charge in [0.2, 0.25) is 0 Å². The van der Waals surface area contributed by atoms with E-state index in [9.17, 15) is 8.78 Å². The molecule has 1 aromatic carbocycles. The molecule has 0 spiro atoms. The van der Waals surface area contributed by atoms with E-state index in [0.29, 0.717) is 29.9 Å². The Bertz CT molecular complexity index is 481. The Morgan fingerprint density at radius 1 is 1.11 bits per heavy atom. The Morgan fingerprint density at radius 2 is 1.83 bits per heavy atom. The zero-order chi connectivity index (χ0) is 12.8. The van der Waals surface area contributed by atoms with Gasteiger partial charge in [-0.1, -0.05) is 19.3 Å². The van der Waals surface area contributed by atoms with Crippen LogP contribution in [-0.4, -0.2) is 6.61 Å².